The van der Waals surface area contributed by atoms with Crippen molar-refractivity contribution in [1.82, 2.24) is 14.8 Å². The lowest BCUT2D eigenvalue weighted by atomic mass is 10.3. The van der Waals surface area contributed by atoms with Gasteiger partial charge in [0.1, 0.15) is 6.33 Å². The van der Waals surface area contributed by atoms with Gasteiger partial charge in [0.15, 0.2) is 5.16 Å². The van der Waals surface area contributed by atoms with Crippen LogP contribution in [0.3, 0.4) is 0 Å². The number of carbonyl (C=O) groups is 1. The molecule has 1 heterocycles. The summed E-state index contributed by atoms with van der Waals surface area (Å²) in [5.74, 6) is -0.138. The van der Waals surface area contributed by atoms with Crippen molar-refractivity contribution in [1.29, 1.82) is 0 Å². The molecule has 5 nitrogen and oxygen atoms in total. The molecule has 0 aliphatic rings. The van der Waals surface area contributed by atoms with Crippen molar-refractivity contribution in [2.24, 2.45) is 0 Å². The molecule has 2 rings (SSSR count). The van der Waals surface area contributed by atoms with Crippen molar-refractivity contribution >= 4 is 35.0 Å². The Morgan fingerprint density at radius 1 is 1.57 bits per heavy atom. The molecule has 1 amide bonds. The monoisotopic (exact) mass is 322 g/mol. The van der Waals surface area contributed by atoms with E-state index in [1.807, 2.05) is 23.6 Å². The lowest BCUT2D eigenvalue weighted by Crippen LogP contribution is -2.23. The highest BCUT2D eigenvalue weighted by Crippen LogP contribution is 2.24. The third-order valence-corrected chi connectivity index (χ3v) is 4.11. The summed E-state index contributed by atoms with van der Waals surface area (Å²) in [6.07, 6.45) is 3.37. The lowest BCUT2D eigenvalue weighted by Gasteiger charge is -2.12. The third-order valence-electron chi connectivity index (χ3n) is 2.69. The minimum absolute atomic E-state index is 0.138. The third kappa shape index (κ3) is 4.09. The van der Waals surface area contributed by atoms with Gasteiger partial charge in [-0.25, -0.2) is 0 Å². The van der Waals surface area contributed by atoms with Crippen LogP contribution < -0.4 is 5.32 Å². The van der Waals surface area contributed by atoms with Crippen molar-refractivity contribution in [2.75, 3.05) is 5.32 Å². The quantitative estimate of drug-likeness (QED) is 0.655. The average molecular weight is 323 g/mol. The maximum absolute atomic E-state index is 12.2. The number of amides is 1. The zero-order chi connectivity index (χ0) is 15.2. The van der Waals surface area contributed by atoms with Crippen molar-refractivity contribution in [3.05, 3.63) is 48.3 Å². The van der Waals surface area contributed by atoms with Gasteiger partial charge >= 0.3 is 0 Å². The maximum atomic E-state index is 12.2. The molecule has 2 aromatic rings. The van der Waals surface area contributed by atoms with Gasteiger partial charge in [0, 0.05) is 6.54 Å². The number of hydrogen-bond donors (Lipinski definition) is 1. The van der Waals surface area contributed by atoms with E-state index < -0.39 is 0 Å². The van der Waals surface area contributed by atoms with Gasteiger partial charge in [-0.2, -0.15) is 0 Å². The zero-order valence-electron chi connectivity index (χ0n) is 11.5. The molecule has 0 radical (unpaired) electrons. The highest BCUT2D eigenvalue weighted by molar-refractivity contribution is 8.00. The van der Waals surface area contributed by atoms with Crippen molar-refractivity contribution < 1.29 is 4.79 Å². The Balaban J connectivity index is 2.01. The summed E-state index contributed by atoms with van der Waals surface area (Å²) >= 11 is 7.36. The van der Waals surface area contributed by atoms with Crippen LogP contribution >= 0.6 is 23.4 Å². The summed E-state index contributed by atoms with van der Waals surface area (Å²) < 4.78 is 1.83. The van der Waals surface area contributed by atoms with Crippen LogP contribution in [0, 0.1) is 0 Å². The van der Waals surface area contributed by atoms with Gasteiger partial charge < -0.3 is 9.88 Å². The van der Waals surface area contributed by atoms with E-state index >= 15 is 0 Å². The fourth-order valence-electron chi connectivity index (χ4n) is 1.61. The van der Waals surface area contributed by atoms with Crippen LogP contribution in [-0.2, 0) is 11.3 Å². The SMILES string of the molecule is C=CCn1cnnc1SC(C)C(=O)Nc1ccccc1Cl. The fourth-order valence-corrected chi connectivity index (χ4v) is 2.63. The molecule has 1 aromatic carbocycles. The van der Waals surface area contributed by atoms with Crippen molar-refractivity contribution in [3.63, 3.8) is 0 Å². The number of thioether (sulfide) groups is 1. The Labute approximate surface area is 132 Å². The zero-order valence-corrected chi connectivity index (χ0v) is 13.1. The summed E-state index contributed by atoms with van der Waals surface area (Å²) in [7, 11) is 0. The Kier molecular flexibility index (Phi) is 5.41. The number of anilines is 1. The summed E-state index contributed by atoms with van der Waals surface area (Å²) in [5.41, 5.74) is 0.601. The van der Waals surface area contributed by atoms with Crippen LogP contribution in [0.2, 0.25) is 5.02 Å². The Morgan fingerprint density at radius 2 is 2.33 bits per heavy atom. The Bertz CT molecular complexity index is 643. The molecule has 1 aromatic heterocycles. The van der Waals surface area contributed by atoms with Crippen molar-refractivity contribution in [2.45, 2.75) is 23.9 Å². The first-order valence-corrected chi connectivity index (χ1v) is 7.58. The van der Waals surface area contributed by atoms with E-state index in [1.165, 1.54) is 11.8 Å². The number of allylic oxidation sites excluding steroid dienone is 1. The molecular weight excluding hydrogens is 308 g/mol. The van der Waals surface area contributed by atoms with Gasteiger partial charge in [0.2, 0.25) is 5.91 Å². The van der Waals surface area contributed by atoms with Gasteiger partial charge in [-0.1, -0.05) is 41.6 Å². The molecule has 1 N–H and O–H groups in total. The molecule has 0 saturated heterocycles. The van der Waals surface area contributed by atoms with Crippen molar-refractivity contribution in [3.8, 4) is 0 Å². The van der Waals surface area contributed by atoms with Gasteiger partial charge in [0.25, 0.3) is 0 Å². The molecule has 7 heteroatoms. The summed E-state index contributed by atoms with van der Waals surface area (Å²) in [6.45, 7) is 6.09. The number of carbonyl (C=O) groups excluding carboxylic acids is 1. The van der Waals surface area contributed by atoms with Crippen LogP contribution in [0.1, 0.15) is 6.92 Å². The number of benzene rings is 1. The van der Waals surface area contributed by atoms with E-state index in [0.717, 1.165) is 0 Å². The van der Waals surface area contributed by atoms with Gasteiger partial charge in [-0.3, -0.25) is 4.79 Å². The van der Waals surface area contributed by atoms with Crippen LogP contribution in [-0.4, -0.2) is 25.9 Å². The average Bonchev–Trinajstić information content (AvgIpc) is 2.89. The van der Waals surface area contributed by atoms with Gasteiger partial charge in [0.05, 0.1) is 16.0 Å². The first kappa shape index (κ1) is 15.6. The summed E-state index contributed by atoms with van der Waals surface area (Å²) in [5, 5.41) is 11.5. The van der Waals surface area contributed by atoms with Crippen LogP contribution in [0.15, 0.2) is 48.4 Å². The molecule has 110 valence electrons. The molecule has 0 aliphatic carbocycles. The van der Waals surface area contributed by atoms with Gasteiger partial charge in [-0.05, 0) is 19.1 Å². The smallest absolute Gasteiger partial charge is 0.237 e. The van der Waals surface area contributed by atoms with Crippen LogP contribution in [0.25, 0.3) is 0 Å². The Morgan fingerprint density at radius 3 is 3.05 bits per heavy atom. The number of aromatic nitrogens is 3. The number of nitrogens with one attached hydrogen (secondary N) is 1. The van der Waals surface area contributed by atoms with E-state index in [-0.39, 0.29) is 11.2 Å². The topological polar surface area (TPSA) is 59.8 Å². The second-order valence-corrected chi connectivity index (χ2v) is 6.00. The fraction of sp³-hybridized carbons (Fsp3) is 0.214. The van der Waals surface area contributed by atoms with Crippen LogP contribution in [0.4, 0.5) is 5.69 Å². The second-order valence-electron chi connectivity index (χ2n) is 4.28. The number of rotatable bonds is 6. The number of hydrogen-bond acceptors (Lipinski definition) is 4. The second kappa shape index (κ2) is 7.28. The van der Waals surface area contributed by atoms with E-state index in [4.69, 9.17) is 11.6 Å². The molecule has 0 fully saturated rings. The number of halogens is 1. The molecule has 0 aliphatic heterocycles. The van der Waals surface area contributed by atoms with Crippen LogP contribution in [0.5, 0.6) is 0 Å². The molecule has 1 atom stereocenters. The lowest BCUT2D eigenvalue weighted by molar-refractivity contribution is -0.115. The molecule has 0 bridgehead atoms. The number of nitrogens with zero attached hydrogens (tertiary/aromatic N) is 3. The van der Waals surface area contributed by atoms with E-state index in [0.29, 0.717) is 22.4 Å². The summed E-state index contributed by atoms with van der Waals surface area (Å²) in [6, 6.07) is 7.13. The van der Waals surface area contributed by atoms with E-state index in [2.05, 4.69) is 22.1 Å². The van der Waals surface area contributed by atoms with E-state index in [9.17, 15) is 4.79 Å². The molecular formula is C14H15ClN4OS. The van der Waals surface area contributed by atoms with Gasteiger partial charge in [-0.15, -0.1) is 16.8 Å². The number of para-hydroxylation sites is 1. The predicted octanol–water partition coefficient (Wildman–Crippen LogP) is 3.24. The molecule has 1 unspecified atom stereocenters. The van der Waals surface area contributed by atoms with E-state index in [1.54, 1.807) is 24.5 Å². The minimum atomic E-state index is -0.325. The first-order chi connectivity index (χ1) is 10.1. The predicted molar refractivity (Wildman–Crippen MR) is 85.6 cm³/mol. The minimum Gasteiger partial charge on any atom is -0.324 e. The standard InChI is InChI=1S/C14H15ClN4OS/c1-3-8-19-9-16-18-14(19)21-10(2)13(20)17-12-7-5-4-6-11(12)15/h3-7,9-10H,1,8H2,2H3,(H,17,20). The highest BCUT2D eigenvalue weighted by Gasteiger charge is 2.18. The first-order valence-electron chi connectivity index (χ1n) is 6.32. The molecule has 0 spiro atoms. The maximum Gasteiger partial charge on any atom is 0.237 e. The Hall–Kier alpha value is -1.79. The highest BCUT2D eigenvalue weighted by atomic mass is 35.5. The normalized spacial score (nSPS) is 11.9. The summed E-state index contributed by atoms with van der Waals surface area (Å²) in [4.78, 5) is 12.2. The molecule has 21 heavy (non-hydrogen) atoms. The molecule has 0 saturated carbocycles. The largest absolute Gasteiger partial charge is 0.324 e.